The second-order valence-corrected chi connectivity index (χ2v) is 3.25. The predicted molar refractivity (Wildman–Crippen MR) is 51.3 cm³/mol. The van der Waals surface area contributed by atoms with E-state index in [-0.39, 0.29) is 5.56 Å². The van der Waals surface area contributed by atoms with E-state index >= 15 is 0 Å². The minimum Gasteiger partial charge on any atom is -0.481 e. The fourth-order valence-corrected chi connectivity index (χ4v) is 1.47. The van der Waals surface area contributed by atoms with Gasteiger partial charge in [0, 0.05) is 20.2 Å². The van der Waals surface area contributed by atoms with Crippen LogP contribution in [0.5, 0.6) is 0 Å². The number of hydrogen-bond donors (Lipinski definition) is 1. The third-order valence-electron chi connectivity index (χ3n) is 2.48. The van der Waals surface area contributed by atoms with Crippen LogP contribution < -0.4 is 5.56 Å². The van der Waals surface area contributed by atoms with Crippen LogP contribution in [0.1, 0.15) is 25.0 Å². The van der Waals surface area contributed by atoms with Crippen molar-refractivity contribution in [3.8, 4) is 0 Å². The van der Waals surface area contributed by atoms with Gasteiger partial charge < -0.3 is 5.11 Å². The fraction of sp³-hybridized carbons (Fsp3) is 0.556. The van der Waals surface area contributed by atoms with Crippen molar-refractivity contribution in [2.75, 3.05) is 0 Å². The second-order valence-electron chi connectivity index (χ2n) is 3.25. The minimum atomic E-state index is -0.895. The molecule has 5 nitrogen and oxygen atoms in total. The number of nitrogens with zero attached hydrogens (tertiary/aromatic N) is 2. The first kappa shape index (κ1) is 10.6. The Kier molecular flexibility index (Phi) is 2.78. The Morgan fingerprint density at radius 2 is 2.07 bits per heavy atom. The highest BCUT2D eigenvalue weighted by atomic mass is 16.4. The van der Waals surface area contributed by atoms with Crippen LogP contribution in [0.4, 0.5) is 0 Å². The zero-order valence-corrected chi connectivity index (χ0v) is 8.52. The number of rotatable bonds is 3. The average Bonchev–Trinajstić information content (AvgIpc) is 2.35. The van der Waals surface area contributed by atoms with Gasteiger partial charge in [0.2, 0.25) is 0 Å². The highest BCUT2D eigenvalue weighted by Gasteiger charge is 2.22. The molecule has 0 bridgehead atoms. The molecule has 1 aromatic heterocycles. The SMILES string of the molecule is CCC(C(=O)O)c1cc(=O)n(C)n1C. The van der Waals surface area contributed by atoms with Crippen molar-refractivity contribution >= 4 is 5.97 Å². The predicted octanol–water partition coefficient (Wildman–Crippen LogP) is 0.302. The van der Waals surface area contributed by atoms with Gasteiger partial charge in [0.25, 0.3) is 5.56 Å². The highest BCUT2D eigenvalue weighted by molar-refractivity contribution is 5.75. The van der Waals surface area contributed by atoms with E-state index in [0.29, 0.717) is 12.1 Å². The zero-order valence-electron chi connectivity index (χ0n) is 8.52. The molecule has 1 aromatic rings. The van der Waals surface area contributed by atoms with Crippen LogP contribution in [0.3, 0.4) is 0 Å². The monoisotopic (exact) mass is 198 g/mol. The Balaban J connectivity index is 3.24. The van der Waals surface area contributed by atoms with E-state index in [9.17, 15) is 9.59 Å². The summed E-state index contributed by atoms with van der Waals surface area (Å²) in [5, 5.41) is 8.93. The summed E-state index contributed by atoms with van der Waals surface area (Å²) < 4.78 is 2.96. The first-order chi connectivity index (χ1) is 6.49. The van der Waals surface area contributed by atoms with Gasteiger partial charge in [-0.25, -0.2) is 0 Å². The molecule has 1 unspecified atom stereocenters. The van der Waals surface area contributed by atoms with Crippen LogP contribution in [-0.4, -0.2) is 20.4 Å². The molecule has 0 aliphatic heterocycles. The first-order valence-electron chi connectivity index (χ1n) is 4.44. The molecule has 0 saturated heterocycles. The minimum absolute atomic E-state index is 0.179. The van der Waals surface area contributed by atoms with Crippen molar-refractivity contribution in [1.29, 1.82) is 0 Å². The smallest absolute Gasteiger partial charge is 0.312 e. The van der Waals surface area contributed by atoms with Crippen molar-refractivity contribution in [3.05, 3.63) is 22.1 Å². The molecule has 1 N–H and O–H groups in total. The van der Waals surface area contributed by atoms with E-state index in [0.717, 1.165) is 0 Å². The molecule has 0 saturated carbocycles. The van der Waals surface area contributed by atoms with Gasteiger partial charge in [-0.05, 0) is 6.42 Å². The molecule has 1 atom stereocenters. The van der Waals surface area contributed by atoms with E-state index < -0.39 is 11.9 Å². The molecule has 0 spiro atoms. The van der Waals surface area contributed by atoms with Crippen LogP contribution in [-0.2, 0) is 18.9 Å². The van der Waals surface area contributed by atoms with Crippen molar-refractivity contribution in [1.82, 2.24) is 9.36 Å². The van der Waals surface area contributed by atoms with Gasteiger partial charge >= 0.3 is 5.97 Å². The molecular weight excluding hydrogens is 184 g/mol. The van der Waals surface area contributed by atoms with E-state index in [1.54, 1.807) is 25.7 Å². The van der Waals surface area contributed by atoms with Gasteiger partial charge in [0.15, 0.2) is 0 Å². The Morgan fingerprint density at radius 1 is 1.50 bits per heavy atom. The Hall–Kier alpha value is -1.52. The summed E-state index contributed by atoms with van der Waals surface area (Å²) in [5.74, 6) is -1.50. The molecule has 1 heterocycles. The Labute approximate surface area is 81.6 Å². The van der Waals surface area contributed by atoms with Gasteiger partial charge in [-0.2, -0.15) is 0 Å². The van der Waals surface area contributed by atoms with Gasteiger partial charge in [-0.1, -0.05) is 6.92 Å². The highest BCUT2D eigenvalue weighted by Crippen LogP contribution is 2.17. The van der Waals surface area contributed by atoms with Crippen molar-refractivity contribution in [3.63, 3.8) is 0 Å². The molecule has 0 aliphatic carbocycles. The van der Waals surface area contributed by atoms with Gasteiger partial charge in [-0.3, -0.25) is 19.0 Å². The summed E-state index contributed by atoms with van der Waals surface area (Å²) >= 11 is 0. The summed E-state index contributed by atoms with van der Waals surface area (Å²) in [6.45, 7) is 1.79. The summed E-state index contributed by atoms with van der Waals surface area (Å²) in [6.07, 6.45) is 0.479. The van der Waals surface area contributed by atoms with Crippen molar-refractivity contribution in [2.45, 2.75) is 19.3 Å². The summed E-state index contributed by atoms with van der Waals surface area (Å²) in [6, 6.07) is 1.38. The van der Waals surface area contributed by atoms with Gasteiger partial charge in [-0.15, -0.1) is 0 Å². The van der Waals surface area contributed by atoms with E-state index in [2.05, 4.69) is 0 Å². The molecule has 14 heavy (non-hydrogen) atoms. The number of carboxylic acid groups (broad SMARTS) is 1. The summed E-state index contributed by atoms with van der Waals surface area (Å²) in [7, 11) is 3.29. The molecule has 0 aromatic carbocycles. The fourth-order valence-electron chi connectivity index (χ4n) is 1.47. The third-order valence-corrected chi connectivity index (χ3v) is 2.48. The molecule has 5 heteroatoms. The maximum absolute atomic E-state index is 11.3. The first-order valence-corrected chi connectivity index (χ1v) is 4.44. The number of carboxylic acids is 1. The number of aliphatic carboxylic acids is 1. The Bertz CT molecular complexity index is 403. The number of hydrogen-bond acceptors (Lipinski definition) is 2. The molecule has 0 aliphatic rings. The lowest BCUT2D eigenvalue weighted by Crippen LogP contribution is -2.19. The maximum Gasteiger partial charge on any atom is 0.312 e. The normalized spacial score (nSPS) is 12.8. The molecule has 0 radical (unpaired) electrons. The molecule has 78 valence electrons. The van der Waals surface area contributed by atoms with Crippen molar-refractivity contribution < 1.29 is 9.90 Å². The lowest BCUT2D eigenvalue weighted by atomic mass is 10.0. The summed E-state index contributed by atoms with van der Waals surface area (Å²) in [4.78, 5) is 22.1. The summed E-state index contributed by atoms with van der Waals surface area (Å²) in [5.41, 5.74) is 0.370. The zero-order chi connectivity index (χ0) is 10.9. The molecule has 1 rings (SSSR count). The second kappa shape index (κ2) is 3.69. The van der Waals surface area contributed by atoms with Crippen LogP contribution in [0.25, 0.3) is 0 Å². The standard InChI is InChI=1S/C9H14N2O3/c1-4-6(9(13)14)7-5-8(12)11(3)10(7)2/h5-6H,4H2,1-3H3,(H,13,14). The lowest BCUT2D eigenvalue weighted by molar-refractivity contribution is -0.139. The van der Waals surface area contributed by atoms with Crippen LogP contribution in [0, 0.1) is 0 Å². The van der Waals surface area contributed by atoms with Gasteiger partial charge in [0.1, 0.15) is 0 Å². The topological polar surface area (TPSA) is 64.2 Å². The van der Waals surface area contributed by atoms with E-state index in [1.165, 1.54) is 10.7 Å². The van der Waals surface area contributed by atoms with Crippen LogP contribution >= 0.6 is 0 Å². The van der Waals surface area contributed by atoms with Crippen molar-refractivity contribution in [2.24, 2.45) is 14.1 Å². The molecular formula is C9H14N2O3. The largest absolute Gasteiger partial charge is 0.481 e. The van der Waals surface area contributed by atoms with Gasteiger partial charge in [0.05, 0.1) is 11.6 Å². The maximum atomic E-state index is 11.3. The Morgan fingerprint density at radius 3 is 2.36 bits per heavy atom. The molecule has 0 amide bonds. The number of carbonyl (C=O) groups is 1. The average molecular weight is 198 g/mol. The van der Waals surface area contributed by atoms with Crippen LogP contribution in [0.2, 0.25) is 0 Å². The quantitative estimate of drug-likeness (QED) is 0.759. The van der Waals surface area contributed by atoms with E-state index in [1.807, 2.05) is 0 Å². The molecule has 0 fully saturated rings. The van der Waals surface area contributed by atoms with Crippen LogP contribution in [0.15, 0.2) is 10.9 Å². The third kappa shape index (κ3) is 1.57. The lowest BCUT2D eigenvalue weighted by Gasteiger charge is -2.11. The van der Waals surface area contributed by atoms with E-state index in [4.69, 9.17) is 5.11 Å². The number of aromatic nitrogens is 2.